The molecule has 0 rings (SSSR count). The summed E-state index contributed by atoms with van der Waals surface area (Å²) in [5.74, 6) is 0.848. The quantitative estimate of drug-likeness (QED) is 0.539. The summed E-state index contributed by atoms with van der Waals surface area (Å²) >= 11 is 0. The Labute approximate surface area is 62.5 Å². The molecule has 0 saturated heterocycles. The molecule has 0 N–H and O–H groups in total. The number of rotatable bonds is 2. The first-order chi connectivity index (χ1) is 2.77. The Bertz CT molecular complexity index is 29.3. The van der Waals surface area contributed by atoms with Crippen LogP contribution >= 0.6 is 8.58 Å². The zero-order chi connectivity index (χ0) is 4.99. The minimum atomic E-state index is 0. The summed E-state index contributed by atoms with van der Waals surface area (Å²) < 4.78 is 0. The van der Waals surface area contributed by atoms with Gasteiger partial charge in [-0.2, -0.15) is 0 Å². The van der Waals surface area contributed by atoms with Crippen LogP contribution in [0.25, 0.3) is 0 Å². The van der Waals surface area contributed by atoms with Crippen molar-refractivity contribution in [2.45, 2.75) is 13.8 Å². The van der Waals surface area contributed by atoms with Gasteiger partial charge in [-0.25, -0.2) is 0 Å². The van der Waals surface area contributed by atoms with Crippen molar-refractivity contribution in [1.29, 1.82) is 0 Å². The van der Waals surface area contributed by atoms with E-state index in [4.69, 9.17) is 0 Å². The molecular weight excluding hydrogens is 275 g/mol. The average molecular weight is 287 g/mol. The molecule has 44 valence electrons. The zero-order valence-electron chi connectivity index (χ0n) is 4.90. The zero-order valence-corrected chi connectivity index (χ0v) is 8.83. The molecule has 0 fully saturated rings. The molecule has 1 atom stereocenters. The van der Waals surface area contributed by atoms with Crippen molar-refractivity contribution in [3.05, 3.63) is 6.66 Å². The maximum Gasteiger partial charge on any atom is 0 e. The molecule has 0 nitrogen and oxygen atoms in total. The van der Waals surface area contributed by atoms with Crippen LogP contribution in [0.15, 0.2) is 0 Å². The van der Waals surface area contributed by atoms with Gasteiger partial charge in [0, 0.05) is 21.1 Å². The summed E-state index contributed by atoms with van der Waals surface area (Å²) in [6, 6.07) is 0. The van der Waals surface area contributed by atoms with Crippen molar-refractivity contribution < 1.29 is 21.1 Å². The first kappa shape index (κ1) is 11.0. The van der Waals surface area contributed by atoms with Crippen molar-refractivity contribution >= 4 is 8.58 Å². The van der Waals surface area contributed by atoms with Gasteiger partial charge in [0.2, 0.25) is 0 Å². The van der Waals surface area contributed by atoms with E-state index >= 15 is 0 Å². The molecule has 7 heavy (non-hydrogen) atoms. The Hall–Kier alpha value is 1.12. The van der Waals surface area contributed by atoms with Gasteiger partial charge in [0.05, 0.1) is 0 Å². The molecule has 0 saturated carbocycles. The van der Waals surface area contributed by atoms with Crippen molar-refractivity contribution in [3.63, 3.8) is 0 Å². The van der Waals surface area contributed by atoms with E-state index in [0.29, 0.717) is 0 Å². The summed E-state index contributed by atoms with van der Waals surface area (Å²) in [7, 11) is 0.888. The predicted octanol–water partition coefficient (Wildman–Crippen LogP) is 2.11. The van der Waals surface area contributed by atoms with Crippen LogP contribution in [0.5, 0.6) is 0 Å². The third kappa shape index (κ3) is 11.0. The van der Waals surface area contributed by atoms with Crippen molar-refractivity contribution in [1.82, 2.24) is 0 Å². The van der Waals surface area contributed by atoms with Gasteiger partial charge in [-0.3, -0.25) is 8.58 Å². The number of hydrogen-bond acceptors (Lipinski definition) is 0. The number of hydrogen-bond donors (Lipinski definition) is 0. The molecule has 0 aromatic rings. The summed E-state index contributed by atoms with van der Waals surface area (Å²) in [4.78, 5) is 0. The average Bonchev–Trinajstić information content (AvgIpc) is 1.35. The summed E-state index contributed by atoms with van der Waals surface area (Å²) in [5.41, 5.74) is 0. The van der Waals surface area contributed by atoms with Crippen LogP contribution in [0.3, 0.4) is 0 Å². The van der Waals surface area contributed by atoms with Gasteiger partial charge in [-0.1, -0.05) is 20.0 Å². The van der Waals surface area contributed by atoms with Gasteiger partial charge in [0.25, 0.3) is 0 Å². The molecule has 0 amide bonds. The van der Waals surface area contributed by atoms with Gasteiger partial charge in [0.1, 0.15) is 0 Å². The fourth-order valence-electron chi connectivity index (χ4n) is 0.289. The van der Waals surface area contributed by atoms with Gasteiger partial charge < -0.3 is 6.66 Å². The van der Waals surface area contributed by atoms with Gasteiger partial charge in [0.15, 0.2) is 0 Å². The largest absolute Gasteiger partial charge is 0.320 e. The third-order valence-corrected chi connectivity index (χ3v) is 1.66. The predicted molar refractivity (Wildman–Crippen MR) is 33.4 cm³/mol. The molecule has 0 spiro atoms. The Balaban J connectivity index is 0. The van der Waals surface area contributed by atoms with E-state index in [9.17, 15) is 0 Å². The molecule has 0 aliphatic carbocycles. The minimum absolute atomic E-state index is 0. The van der Waals surface area contributed by atoms with Gasteiger partial charge in [-0.15, -0.1) is 0 Å². The Morgan fingerprint density at radius 3 is 2.00 bits per heavy atom. The molecular formula is C5H12PW-. The molecule has 2 heteroatoms. The second-order valence-electron chi connectivity index (χ2n) is 1.85. The second kappa shape index (κ2) is 7.12. The van der Waals surface area contributed by atoms with Crippen molar-refractivity contribution in [3.8, 4) is 0 Å². The minimum Gasteiger partial charge on any atom is -0.320 e. The van der Waals surface area contributed by atoms with E-state index in [2.05, 4.69) is 20.5 Å². The fraction of sp³-hybridized carbons (Fsp3) is 0.800. The van der Waals surface area contributed by atoms with E-state index in [1.165, 1.54) is 6.16 Å². The Kier molecular flexibility index (Phi) is 11.2. The van der Waals surface area contributed by atoms with Crippen LogP contribution in [-0.4, -0.2) is 6.16 Å². The van der Waals surface area contributed by atoms with E-state index in [0.717, 1.165) is 14.5 Å². The topological polar surface area (TPSA) is 0 Å². The van der Waals surface area contributed by atoms with Gasteiger partial charge in [-0.05, 0) is 5.92 Å². The van der Waals surface area contributed by atoms with Crippen LogP contribution in [0.1, 0.15) is 13.8 Å². The third-order valence-electron chi connectivity index (χ3n) is 0.553. The molecule has 0 radical (unpaired) electrons. The summed E-state index contributed by atoms with van der Waals surface area (Å²) in [5, 5.41) is 0. The molecule has 0 aromatic carbocycles. The van der Waals surface area contributed by atoms with Crippen LogP contribution in [0, 0.1) is 12.6 Å². The molecule has 0 heterocycles. The molecule has 0 aliphatic heterocycles. The van der Waals surface area contributed by atoms with E-state index in [1.807, 2.05) is 0 Å². The SMILES string of the molecule is [CH2-]PCC(C)C.[W]. The smallest absolute Gasteiger partial charge is 0 e. The Morgan fingerprint density at radius 2 is 2.00 bits per heavy atom. The summed E-state index contributed by atoms with van der Waals surface area (Å²) in [6.45, 7) is 8.19. The molecule has 0 bridgehead atoms. The first-order valence-corrected chi connectivity index (χ1v) is 3.68. The maximum absolute atomic E-state index is 3.75. The van der Waals surface area contributed by atoms with E-state index in [-0.39, 0.29) is 21.1 Å². The van der Waals surface area contributed by atoms with Crippen molar-refractivity contribution in [2.24, 2.45) is 5.92 Å². The van der Waals surface area contributed by atoms with Crippen LogP contribution in [0.2, 0.25) is 0 Å². The fourth-order valence-corrected chi connectivity index (χ4v) is 0.866. The first-order valence-electron chi connectivity index (χ1n) is 2.27. The monoisotopic (exact) mass is 287 g/mol. The van der Waals surface area contributed by atoms with Crippen molar-refractivity contribution in [2.75, 3.05) is 6.16 Å². The van der Waals surface area contributed by atoms with E-state index < -0.39 is 0 Å². The normalized spacial score (nSPS) is 10.3. The summed E-state index contributed by atoms with van der Waals surface area (Å²) in [6.07, 6.45) is 1.29. The van der Waals surface area contributed by atoms with E-state index in [1.54, 1.807) is 0 Å². The maximum atomic E-state index is 3.75. The van der Waals surface area contributed by atoms with Crippen LogP contribution < -0.4 is 0 Å². The Morgan fingerprint density at radius 1 is 1.57 bits per heavy atom. The molecule has 1 unspecified atom stereocenters. The van der Waals surface area contributed by atoms with Crippen LogP contribution in [0.4, 0.5) is 0 Å². The molecule has 0 aliphatic rings. The van der Waals surface area contributed by atoms with Gasteiger partial charge >= 0.3 is 0 Å². The molecule has 0 aromatic heterocycles. The second-order valence-corrected chi connectivity index (χ2v) is 2.76. The van der Waals surface area contributed by atoms with Crippen LogP contribution in [-0.2, 0) is 21.1 Å². The standard InChI is InChI=1S/C5H12P.W/c1-5(2)4-6-3;/h5-6H,3-4H2,1-2H3;/q-1;.